The Morgan fingerprint density at radius 3 is 1.80 bits per heavy atom. The summed E-state index contributed by atoms with van der Waals surface area (Å²) in [5.74, 6) is -0.853. The first-order valence-corrected chi connectivity index (χ1v) is 5.19. The van der Waals surface area contributed by atoms with Crippen molar-refractivity contribution in [3.05, 3.63) is 0 Å². The van der Waals surface area contributed by atoms with Gasteiger partial charge in [0, 0.05) is 0 Å². The molecule has 0 spiro atoms. The molecule has 0 unspecified atom stereocenters. The quantitative estimate of drug-likeness (QED) is 0.521. The Labute approximate surface area is 90.9 Å². The molecule has 0 rings (SSSR count). The summed E-state index contributed by atoms with van der Waals surface area (Å²) in [5.41, 5.74) is 0. The van der Waals surface area contributed by atoms with Crippen LogP contribution in [0.2, 0.25) is 0 Å². The Hall–Kier alpha value is -1.06. The third-order valence-corrected chi connectivity index (χ3v) is 2.25. The van der Waals surface area contributed by atoms with Crippen molar-refractivity contribution >= 4 is 11.9 Å². The average Bonchev–Trinajstić information content (AvgIpc) is 2.15. The lowest BCUT2D eigenvalue weighted by molar-refractivity contribution is -0.172. The van der Waals surface area contributed by atoms with E-state index in [1.54, 1.807) is 20.8 Å². The molecule has 0 aromatic heterocycles. The van der Waals surface area contributed by atoms with Crippen LogP contribution in [0.4, 0.5) is 0 Å². The van der Waals surface area contributed by atoms with Crippen LogP contribution in [-0.4, -0.2) is 18.7 Å². The second-order valence-corrected chi connectivity index (χ2v) is 4.23. The lowest BCUT2D eigenvalue weighted by Crippen LogP contribution is -2.22. The van der Waals surface area contributed by atoms with Crippen molar-refractivity contribution < 1.29 is 19.1 Å². The van der Waals surface area contributed by atoms with Crippen LogP contribution in [0.15, 0.2) is 0 Å². The third kappa shape index (κ3) is 5.40. The van der Waals surface area contributed by atoms with Gasteiger partial charge in [0.05, 0.1) is 11.8 Å². The maximum absolute atomic E-state index is 11.3. The van der Waals surface area contributed by atoms with Crippen LogP contribution in [0.25, 0.3) is 0 Å². The molecular weight excluding hydrogens is 196 g/mol. The highest BCUT2D eigenvalue weighted by Gasteiger charge is 2.18. The van der Waals surface area contributed by atoms with Crippen molar-refractivity contribution in [2.24, 2.45) is 17.8 Å². The summed E-state index contributed by atoms with van der Waals surface area (Å²) in [7, 11) is 0. The minimum Gasteiger partial charge on any atom is -0.428 e. The molecule has 0 aliphatic carbocycles. The molecular formula is C11H20O4. The SMILES string of the molecule is CC(C)C(=O)OCOC(=O)[C@@H](C)C(C)C. The van der Waals surface area contributed by atoms with Gasteiger partial charge >= 0.3 is 11.9 Å². The van der Waals surface area contributed by atoms with E-state index in [4.69, 9.17) is 9.47 Å². The van der Waals surface area contributed by atoms with E-state index in [1.165, 1.54) is 0 Å². The largest absolute Gasteiger partial charge is 0.428 e. The number of carbonyl (C=O) groups excluding carboxylic acids is 2. The van der Waals surface area contributed by atoms with Crippen molar-refractivity contribution in [2.45, 2.75) is 34.6 Å². The van der Waals surface area contributed by atoms with E-state index in [1.807, 2.05) is 13.8 Å². The zero-order valence-corrected chi connectivity index (χ0v) is 10.1. The molecule has 4 heteroatoms. The molecule has 0 heterocycles. The number of hydrogen-bond acceptors (Lipinski definition) is 4. The van der Waals surface area contributed by atoms with Gasteiger partial charge in [-0.15, -0.1) is 0 Å². The van der Waals surface area contributed by atoms with Gasteiger partial charge in [-0.25, -0.2) is 0 Å². The molecule has 0 aliphatic rings. The maximum Gasteiger partial charge on any atom is 0.311 e. The Kier molecular flexibility index (Phi) is 5.97. The molecule has 0 fully saturated rings. The Balaban J connectivity index is 3.78. The predicted molar refractivity (Wildman–Crippen MR) is 55.9 cm³/mol. The van der Waals surface area contributed by atoms with E-state index in [9.17, 15) is 9.59 Å². The second-order valence-electron chi connectivity index (χ2n) is 4.23. The van der Waals surface area contributed by atoms with E-state index >= 15 is 0 Å². The fourth-order valence-electron chi connectivity index (χ4n) is 0.716. The average molecular weight is 216 g/mol. The standard InChI is InChI=1S/C11H20O4/c1-7(2)9(5)11(13)15-6-14-10(12)8(3)4/h7-9H,6H2,1-5H3/t9-/m0/s1. The summed E-state index contributed by atoms with van der Waals surface area (Å²) in [6.45, 7) is 8.82. The van der Waals surface area contributed by atoms with Crippen molar-refractivity contribution in [3.8, 4) is 0 Å². The molecule has 4 nitrogen and oxygen atoms in total. The Bertz CT molecular complexity index is 221. The Morgan fingerprint density at radius 2 is 1.40 bits per heavy atom. The van der Waals surface area contributed by atoms with E-state index in [-0.39, 0.29) is 36.5 Å². The molecule has 0 radical (unpaired) electrons. The first kappa shape index (κ1) is 13.9. The molecule has 0 aromatic carbocycles. The minimum atomic E-state index is -0.361. The number of carbonyl (C=O) groups is 2. The second kappa shape index (κ2) is 6.43. The van der Waals surface area contributed by atoms with Crippen LogP contribution in [0.1, 0.15) is 34.6 Å². The van der Waals surface area contributed by atoms with Crippen LogP contribution in [0, 0.1) is 17.8 Å². The normalized spacial score (nSPS) is 12.7. The van der Waals surface area contributed by atoms with Gasteiger partial charge in [-0.1, -0.05) is 34.6 Å². The molecule has 0 aliphatic heterocycles. The van der Waals surface area contributed by atoms with Crippen molar-refractivity contribution in [3.63, 3.8) is 0 Å². The van der Waals surface area contributed by atoms with E-state index < -0.39 is 0 Å². The molecule has 0 aromatic rings. The summed E-state index contributed by atoms with van der Waals surface area (Å²) in [6.07, 6.45) is 0. The monoisotopic (exact) mass is 216 g/mol. The van der Waals surface area contributed by atoms with E-state index in [0.717, 1.165) is 0 Å². The van der Waals surface area contributed by atoms with E-state index in [2.05, 4.69) is 0 Å². The molecule has 1 atom stereocenters. The third-order valence-electron chi connectivity index (χ3n) is 2.25. The molecule has 0 N–H and O–H groups in total. The molecule has 15 heavy (non-hydrogen) atoms. The highest BCUT2D eigenvalue weighted by molar-refractivity contribution is 5.73. The molecule has 0 saturated carbocycles. The summed E-state index contributed by atoms with van der Waals surface area (Å²) >= 11 is 0. The molecule has 0 amide bonds. The predicted octanol–water partition coefficient (Wildman–Crippen LogP) is 1.98. The topological polar surface area (TPSA) is 52.6 Å². The summed E-state index contributed by atoms with van der Waals surface area (Å²) < 4.78 is 9.53. The van der Waals surface area contributed by atoms with Gasteiger partial charge in [-0.05, 0) is 5.92 Å². The number of ether oxygens (including phenoxy) is 2. The maximum atomic E-state index is 11.3. The smallest absolute Gasteiger partial charge is 0.311 e. The van der Waals surface area contributed by atoms with Crippen LogP contribution in [-0.2, 0) is 19.1 Å². The first-order valence-electron chi connectivity index (χ1n) is 5.19. The lowest BCUT2D eigenvalue weighted by atomic mass is 9.99. The number of rotatable bonds is 5. The number of hydrogen-bond donors (Lipinski definition) is 0. The minimum absolute atomic E-state index is 0.178. The van der Waals surface area contributed by atoms with Crippen molar-refractivity contribution in [2.75, 3.05) is 6.79 Å². The van der Waals surface area contributed by atoms with Gasteiger partial charge in [0.2, 0.25) is 6.79 Å². The zero-order chi connectivity index (χ0) is 12.0. The van der Waals surface area contributed by atoms with Crippen molar-refractivity contribution in [1.29, 1.82) is 0 Å². The first-order chi connectivity index (χ1) is 6.86. The fourth-order valence-corrected chi connectivity index (χ4v) is 0.716. The van der Waals surface area contributed by atoms with Crippen LogP contribution < -0.4 is 0 Å². The van der Waals surface area contributed by atoms with Crippen LogP contribution >= 0.6 is 0 Å². The van der Waals surface area contributed by atoms with Gasteiger partial charge in [0.25, 0.3) is 0 Å². The van der Waals surface area contributed by atoms with Gasteiger partial charge in [0.1, 0.15) is 0 Å². The zero-order valence-electron chi connectivity index (χ0n) is 10.1. The lowest BCUT2D eigenvalue weighted by Gasteiger charge is -2.14. The van der Waals surface area contributed by atoms with Gasteiger partial charge in [-0.2, -0.15) is 0 Å². The van der Waals surface area contributed by atoms with Gasteiger partial charge in [0.15, 0.2) is 0 Å². The number of esters is 2. The van der Waals surface area contributed by atoms with Crippen LogP contribution in [0.3, 0.4) is 0 Å². The summed E-state index contributed by atoms with van der Waals surface area (Å²) in [5, 5.41) is 0. The van der Waals surface area contributed by atoms with Gasteiger partial charge < -0.3 is 9.47 Å². The molecule has 88 valence electrons. The Morgan fingerprint density at radius 1 is 0.933 bits per heavy atom. The van der Waals surface area contributed by atoms with Crippen LogP contribution in [0.5, 0.6) is 0 Å². The summed E-state index contributed by atoms with van der Waals surface area (Å²) in [4.78, 5) is 22.3. The molecule has 0 saturated heterocycles. The van der Waals surface area contributed by atoms with Gasteiger partial charge in [-0.3, -0.25) is 9.59 Å². The van der Waals surface area contributed by atoms with Crippen molar-refractivity contribution in [1.82, 2.24) is 0 Å². The van der Waals surface area contributed by atoms with E-state index in [0.29, 0.717) is 0 Å². The fraction of sp³-hybridized carbons (Fsp3) is 0.818. The summed E-state index contributed by atoms with van der Waals surface area (Å²) in [6, 6.07) is 0. The highest BCUT2D eigenvalue weighted by Crippen LogP contribution is 2.11. The molecule has 0 bridgehead atoms. The highest BCUT2D eigenvalue weighted by atomic mass is 16.7.